The average Bonchev–Trinajstić information content (AvgIpc) is 2.77. The molecule has 1 atom stereocenters. The Labute approximate surface area is 116 Å². The van der Waals surface area contributed by atoms with Crippen LogP contribution in [0.25, 0.3) is 10.9 Å². The maximum Gasteiger partial charge on any atom is 0.0702 e. The number of aryl methyl sites for hydroxylation is 2. The largest absolute Gasteiger partial charge is 0.320 e. The highest BCUT2D eigenvalue weighted by Gasteiger charge is 2.13. The smallest absolute Gasteiger partial charge is 0.0702 e. The molecule has 3 aromatic rings. The van der Waals surface area contributed by atoms with Crippen molar-refractivity contribution in [3.63, 3.8) is 0 Å². The molecule has 0 bridgehead atoms. The fraction of sp³-hybridized carbons (Fsp3) is 0.188. The lowest BCUT2D eigenvalue weighted by Gasteiger charge is -2.10. The van der Waals surface area contributed by atoms with E-state index in [0.717, 1.165) is 16.5 Å². The van der Waals surface area contributed by atoms with E-state index in [1.54, 1.807) is 11.3 Å². The minimum absolute atomic E-state index is 0.0537. The molecule has 3 heteroatoms. The van der Waals surface area contributed by atoms with E-state index in [4.69, 9.17) is 5.73 Å². The highest BCUT2D eigenvalue weighted by atomic mass is 32.1. The van der Waals surface area contributed by atoms with Crippen molar-refractivity contribution in [2.45, 2.75) is 19.9 Å². The van der Waals surface area contributed by atoms with E-state index in [2.05, 4.69) is 43.1 Å². The molecule has 0 saturated heterocycles. The topological polar surface area (TPSA) is 38.9 Å². The van der Waals surface area contributed by atoms with E-state index in [9.17, 15) is 0 Å². The van der Waals surface area contributed by atoms with E-state index >= 15 is 0 Å². The number of pyridine rings is 1. The Bertz CT molecular complexity index is 711. The first-order chi connectivity index (χ1) is 9.15. The van der Waals surface area contributed by atoms with Crippen LogP contribution in [0.15, 0.2) is 42.6 Å². The van der Waals surface area contributed by atoms with Gasteiger partial charge in [-0.3, -0.25) is 4.98 Å². The Morgan fingerprint density at radius 3 is 2.74 bits per heavy atom. The minimum Gasteiger partial charge on any atom is -0.320 e. The molecule has 2 nitrogen and oxygen atoms in total. The third kappa shape index (κ3) is 2.27. The molecule has 2 N–H and O–H groups in total. The van der Waals surface area contributed by atoms with E-state index in [1.807, 2.05) is 18.3 Å². The predicted molar refractivity (Wildman–Crippen MR) is 81.6 cm³/mol. The zero-order valence-electron chi connectivity index (χ0n) is 11.1. The number of hydrogen-bond donors (Lipinski definition) is 1. The molecule has 0 aliphatic rings. The van der Waals surface area contributed by atoms with Gasteiger partial charge in [-0.25, -0.2) is 0 Å². The van der Waals surface area contributed by atoms with Crippen molar-refractivity contribution in [2.75, 3.05) is 0 Å². The van der Waals surface area contributed by atoms with E-state index < -0.39 is 0 Å². The molecule has 0 aliphatic carbocycles. The first-order valence-electron chi connectivity index (χ1n) is 6.32. The quantitative estimate of drug-likeness (QED) is 0.764. The summed E-state index contributed by atoms with van der Waals surface area (Å²) < 4.78 is 0. The normalized spacial score (nSPS) is 12.8. The van der Waals surface area contributed by atoms with Gasteiger partial charge in [0.25, 0.3) is 0 Å². The summed E-state index contributed by atoms with van der Waals surface area (Å²) >= 11 is 1.78. The number of nitrogens with two attached hydrogens (primary N) is 1. The molecule has 19 heavy (non-hydrogen) atoms. The monoisotopic (exact) mass is 268 g/mol. The van der Waals surface area contributed by atoms with Crippen molar-refractivity contribution in [1.82, 2.24) is 4.98 Å². The van der Waals surface area contributed by atoms with Gasteiger partial charge in [0.1, 0.15) is 0 Å². The minimum atomic E-state index is -0.0537. The van der Waals surface area contributed by atoms with Crippen LogP contribution in [0, 0.1) is 13.8 Å². The van der Waals surface area contributed by atoms with Crippen molar-refractivity contribution in [3.05, 3.63) is 63.5 Å². The highest BCUT2D eigenvalue weighted by molar-refractivity contribution is 7.12. The Morgan fingerprint density at radius 2 is 2.00 bits per heavy atom. The second-order valence-corrected chi connectivity index (χ2v) is 6.11. The van der Waals surface area contributed by atoms with Gasteiger partial charge in [-0.15, -0.1) is 11.3 Å². The van der Waals surface area contributed by atoms with Crippen LogP contribution in [-0.2, 0) is 0 Å². The van der Waals surface area contributed by atoms with Gasteiger partial charge in [-0.05, 0) is 49.2 Å². The number of hydrogen-bond acceptors (Lipinski definition) is 3. The number of thiophene rings is 1. The predicted octanol–water partition coefficient (Wildman–Crippen LogP) is 3.96. The van der Waals surface area contributed by atoms with Gasteiger partial charge >= 0.3 is 0 Å². The summed E-state index contributed by atoms with van der Waals surface area (Å²) in [4.78, 5) is 6.90. The molecule has 0 fully saturated rings. The lowest BCUT2D eigenvalue weighted by Crippen LogP contribution is -2.10. The van der Waals surface area contributed by atoms with Crippen LogP contribution in [0.1, 0.15) is 26.9 Å². The fourth-order valence-electron chi connectivity index (χ4n) is 2.21. The summed E-state index contributed by atoms with van der Waals surface area (Å²) in [5, 5.41) is 1.14. The fourth-order valence-corrected chi connectivity index (χ4v) is 3.28. The summed E-state index contributed by atoms with van der Waals surface area (Å²) in [6.07, 6.45) is 1.81. The summed E-state index contributed by atoms with van der Waals surface area (Å²) in [6.45, 7) is 4.27. The van der Waals surface area contributed by atoms with Crippen LogP contribution in [0.2, 0.25) is 0 Å². The molecule has 3 rings (SSSR count). The molecule has 96 valence electrons. The zero-order chi connectivity index (χ0) is 13.4. The van der Waals surface area contributed by atoms with Crippen LogP contribution >= 0.6 is 11.3 Å². The molecule has 0 radical (unpaired) electrons. The molecule has 0 amide bonds. The van der Waals surface area contributed by atoms with Crippen molar-refractivity contribution in [3.8, 4) is 0 Å². The van der Waals surface area contributed by atoms with Crippen LogP contribution in [0.4, 0.5) is 0 Å². The maximum atomic E-state index is 6.38. The summed E-state index contributed by atoms with van der Waals surface area (Å²) in [7, 11) is 0. The van der Waals surface area contributed by atoms with Gasteiger partial charge in [0.15, 0.2) is 0 Å². The Balaban J connectivity index is 2.03. The first-order valence-corrected chi connectivity index (χ1v) is 7.14. The SMILES string of the molecule is Cc1cc(C(N)c2ccc3ncccc3c2)sc1C. The van der Waals surface area contributed by atoms with Crippen LogP contribution in [0.5, 0.6) is 0 Å². The van der Waals surface area contributed by atoms with Crippen LogP contribution < -0.4 is 5.73 Å². The van der Waals surface area contributed by atoms with Gasteiger partial charge < -0.3 is 5.73 Å². The Kier molecular flexibility index (Phi) is 3.09. The van der Waals surface area contributed by atoms with Gasteiger partial charge in [0.05, 0.1) is 11.6 Å². The van der Waals surface area contributed by atoms with Gasteiger partial charge in [-0.2, -0.15) is 0 Å². The lowest BCUT2D eigenvalue weighted by molar-refractivity contribution is 0.894. The number of nitrogens with zero attached hydrogens (tertiary/aromatic N) is 1. The van der Waals surface area contributed by atoms with Gasteiger partial charge in [0.2, 0.25) is 0 Å². The van der Waals surface area contributed by atoms with Gasteiger partial charge in [-0.1, -0.05) is 12.1 Å². The maximum absolute atomic E-state index is 6.38. The van der Waals surface area contributed by atoms with Crippen LogP contribution in [-0.4, -0.2) is 4.98 Å². The molecule has 1 unspecified atom stereocenters. The average molecular weight is 268 g/mol. The first kappa shape index (κ1) is 12.3. The lowest BCUT2D eigenvalue weighted by atomic mass is 10.0. The van der Waals surface area contributed by atoms with E-state index in [0.29, 0.717) is 0 Å². The molecule has 2 aromatic heterocycles. The van der Waals surface area contributed by atoms with Gasteiger partial charge in [0, 0.05) is 21.3 Å². The molecule has 0 aliphatic heterocycles. The summed E-state index contributed by atoms with van der Waals surface area (Å²) in [5.41, 5.74) is 9.85. The number of fused-ring (bicyclic) bond motifs is 1. The standard InChI is InChI=1S/C16H16N2S/c1-10-8-15(19-11(10)2)16(17)13-5-6-14-12(9-13)4-3-7-18-14/h3-9,16H,17H2,1-2H3. The molecular formula is C16H16N2S. The third-order valence-electron chi connectivity index (χ3n) is 3.48. The van der Waals surface area contributed by atoms with E-state index in [-0.39, 0.29) is 6.04 Å². The highest BCUT2D eigenvalue weighted by Crippen LogP contribution is 2.30. The summed E-state index contributed by atoms with van der Waals surface area (Å²) in [6, 6.07) is 12.4. The Hall–Kier alpha value is -1.71. The third-order valence-corrected chi connectivity index (χ3v) is 4.71. The second kappa shape index (κ2) is 4.76. The van der Waals surface area contributed by atoms with Crippen molar-refractivity contribution >= 4 is 22.2 Å². The number of benzene rings is 1. The zero-order valence-corrected chi connectivity index (χ0v) is 11.9. The van der Waals surface area contributed by atoms with Crippen LogP contribution in [0.3, 0.4) is 0 Å². The molecule has 0 spiro atoms. The molecule has 1 aromatic carbocycles. The van der Waals surface area contributed by atoms with Crippen molar-refractivity contribution in [1.29, 1.82) is 0 Å². The summed E-state index contributed by atoms with van der Waals surface area (Å²) in [5.74, 6) is 0. The van der Waals surface area contributed by atoms with Crippen molar-refractivity contribution < 1.29 is 0 Å². The Morgan fingerprint density at radius 1 is 1.16 bits per heavy atom. The molecule has 0 saturated carbocycles. The number of rotatable bonds is 2. The van der Waals surface area contributed by atoms with E-state index in [1.165, 1.54) is 15.3 Å². The van der Waals surface area contributed by atoms with Crippen molar-refractivity contribution in [2.24, 2.45) is 5.73 Å². The molecule has 2 heterocycles. The molecular weight excluding hydrogens is 252 g/mol. The number of aromatic nitrogens is 1. The second-order valence-electron chi connectivity index (χ2n) is 4.82.